The number of ether oxygens (including phenoxy) is 1. The molecule has 96 valence electrons. The van der Waals surface area contributed by atoms with Gasteiger partial charge in [0.2, 0.25) is 0 Å². The Morgan fingerprint density at radius 2 is 2.24 bits per heavy atom. The Labute approximate surface area is 114 Å². The van der Waals surface area contributed by atoms with E-state index >= 15 is 0 Å². The van der Waals surface area contributed by atoms with E-state index in [1.165, 1.54) is 0 Å². The van der Waals surface area contributed by atoms with E-state index in [0.717, 1.165) is 22.3 Å². The summed E-state index contributed by atoms with van der Waals surface area (Å²) in [6.07, 6.45) is 1.73. The fourth-order valence-electron chi connectivity index (χ4n) is 1.41. The van der Waals surface area contributed by atoms with Gasteiger partial charge in [-0.2, -0.15) is 0 Å². The van der Waals surface area contributed by atoms with Crippen molar-refractivity contribution < 1.29 is 8.95 Å². The zero-order valence-electron chi connectivity index (χ0n) is 10.3. The average molecular weight is 320 g/mol. The smallest absolute Gasteiger partial charge is 0.123 e. The van der Waals surface area contributed by atoms with Crippen LogP contribution in [0.2, 0.25) is 0 Å². The summed E-state index contributed by atoms with van der Waals surface area (Å²) in [4.78, 5) is 0. The SMILES string of the molecule is COc1ccc(Br)cc1CNCC(C)S(C)=O. The van der Waals surface area contributed by atoms with Gasteiger partial charge in [-0.3, -0.25) is 4.21 Å². The van der Waals surface area contributed by atoms with Gasteiger partial charge < -0.3 is 10.1 Å². The molecule has 0 aliphatic heterocycles. The van der Waals surface area contributed by atoms with Gasteiger partial charge in [-0.25, -0.2) is 0 Å². The van der Waals surface area contributed by atoms with Crippen molar-refractivity contribution in [3.8, 4) is 5.75 Å². The van der Waals surface area contributed by atoms with Crippen molar-refractivity contribution >= 4 is 26.7 Å². The van der Waals surface area contributed by atoms with Gasteiger partial charge in [-0.05, 0) is 25.1 Å². The molecule has 17 heavy (non-hydrogen) atoms. The Kier molecular flexibility index (Phi) is 6.16. The normalized spacial score (nSPS) is 14.4. The monoisotopic (exact) mass is 319 g/mol. The van der Waals surface area contributed by atoms with Gasteiger partial charge in [-0.15, -0.1) is 0 Å². The lowest BCUT2D eigenvalue weighted by Gasteiger charge is -2.12. The lowest BCUT2D eigenvalue weighted by Crippen LogP contribution is -2.27. The summed E-state index contributed by atoms with van der Waals surface area (Å²) < 4.78 is 17.5. The van der Waals surface area contributed by atoms with Crippen molar-refractivity contribution in [1.29, 1.82) is 0 Å². The Hall–Kier alpha value is -0.390. The average Bonchev–Trinajstić information content (AvgIpc) is 2.29. The molecule has 0 aliphatic carbocycles. The maximum atomic E-state index is 11.2. The van der Waals surface area contributed by atoms with Crippen molar-refractivity contribution in [1.82, 2.24) is 5.32 Å². The molecule has 0 radical (unpaired) electrons. The van der Waals surface area contributed by atoms with Crippen LogP contribution in [-0.4, -0.2) is 29.4 Å². The molecule has 1 N–H and O–H groups in total. The van der Waals surface area contributed by atoms with Crippen LogP contribution >= 0.6 is 15.9 Å². The molecule has 0 aromatic heterocycles. The molecule has 1 aromatic rings. The van der Waals surface area contributed by atoms with E-state index in [1.807, 2.05) is 25.1 Å². The summed E-state index contributed by atoms with van der Waals surface area (Å²) >= 11 is 3.44. The van der Waals surface area contributed by atoms with Gasteiger partial charge in [-0.1, -0.05) is 15.9 Å². The summed E-state index contributed by atoms with van der Waals surface area (Å²) in [6.45, 7) is 3.42. The summed E-state index contributed by atoms with van der Waals surface area (Å²) in [5.41, 5.74) is 1.09. The van der Waals surface area contributed by atoms with Crippen molar-refractivity contribution in [2.45, 2.75) is 18.7 Å². The lowest BCUT2D eigenvalue weighted by molar-refractivity contribution is 0.407. The number of rotatable bonds is 6. The van der Waals surface area contributed by atoms with Crippen LogP contribution in [0.15, 0.2) is 22.7 Å². The maximum Gasteiger partial charge on any atom is 0.123 e. The highest BCUT2D eigenvalue weighted by molar-refractivity contribution is 9.10. The van der Waals surface area contributed by atoms with E-state index in [-0.39, 0.29) is 5.25 Å². The first-order valence-electron chi connectivity index (χ1n) is 5.40. The zero-order valence-corrected chi connectivity index (χ0v) is 12.7. The van der Waals surface area contributed by atoms with Crippen LogP contribution in [-0.2, 0) is 17.3 Å². The molecule has 0 bridgehead atoms. The number of nitrogens with one attached hydrogen (secondary N) is 1. The van der Waals surface area contributed by atoms with Crippen molar-refractivity contribution in [3.63, 3.8) is 0 Å². The molecule has 2 unspecified atom stereocenters. The minimum atomic E-state index is -0.783. The third kappa shape index (κ3) is 4.77. The van der Waals surface area contributed by atoms with E-state index in [2.05, 4.69) is 21.2 Å². The third-order valence-electron chi connectivity index (χ3n) is 2.56. The molecule has 1 aromatic carbocycles. The Balaban J connectivity index is 2.56. The molecular weight excluding hydrogens is 302 g/mol. The first kappa shape index (κ1) is 14.7. The highest BCUT2D eigenvalue weighted by Crippen LogP contribution is 2.22. The predicted molar refractivity (Wildman–Crippen MR) is 75.9 cm³/mol. The lowest BCUT2D eigenvalue weighted by atomic mass is 10.2. The van der Waals surface area contributed by atoms with Gasteiger partial charge in [0, 0.05) is 45.4 Å². The summed E-state index contributed by atoms with van der Waals surface area (Å²) in [6, 6.07) is 5.91. The Morgan fingerprint density at radius 1 is 1.53 bits per heavy atom. The first-order chi connectivity index (χ1) is 8.04. The highest BCUT2D eigenvalue weighted by atomic mass is 79.9. The molecule has 0 heterocycles. The minimum absolute atomic E-state index is 0.160. The van der Waals surface area contributed by atoms with Crippen LogP contribution in [0.3, 0.4) is 0 Å². The van der Waals surface area contributed by atoms with E-state index in [9.17, 15) is 4.21 Å². The fourth-order valence-corrected chi connectivity index (χ4v) is 2.17. The minimum Gasteiger partial charge on any atom is -0.496 e. The molecule has 0 saturated carbocycles. The Bertz CT molecular complexity index is 398. The predicted octanol–water partition coefficient (Wildman–Crippen LogP) is 2.31. The van der Waals surface area contributed by atoms with E-state index in [1.54, 1.807) is 13.4 Å². The third-order valence-corrected chi connectivity index (χ3v) is 4.35. The molecule has 0 amide bonds. The van der Waals surface area contributed by atoms with Crippen molar-refractivity contribution in [2.24, 2.45) is 0 Å². The first-order valence-corrected chi connectivity index (χ1v) is 7.81. The molecular formula is C12H18BrNO2S. The van der Waals surface area contributed by atoms with Crippen molar-refractivity contribution in [3.05, 3.63) is 28.2 Å². The van der Waals surface area contributed by atoms with Gasteiger partial charge in [0.05, 0.1) is 7.11 Å². The molecule has 0 saturated heterocycles. The van der Waals surface area contributed by atoms with Gasteiger partial charge in [0.15, 0.2) is 0 Å². The van der Waals surface area contributed by atoms with Crippen LogP contribution in [0.5, 0.6) is 5.75 Å². The maximum absolute atomic E-state index is 11.2. The second-order valence-corrected chi connectivity index (χ2v) is 6.61. The molecule has 2 atom stereocenters. The van der Waals surface area contributed by atoms with Crippen LogP contribution in [0, 0.1) is 0 Å². The van der Waals surface area contributed by atoms with Crippen LogP contribution in [0.25, 0.3) is 0 Å². The largest absolute Gasteiger partial charge is 0.496 e. The van der Waals surface area contributed by atoms with Crippen LogP contribution < -0.4 is 10.1 Å². The molecule has 0 aliphatic rings. The second kappa shape index (κ2) is 7.13. The number of hydrogen-bond acceptors (Lipinski definition) is 3. The zero-order chi connectivity index (χ0) is 12.8. The number of methoxy groups -OCH3 is 1. The summed E-state index contributed by atoms with van der Waals surface area (Å²) in [5, 5.41) is 3.45. The summed E-state index contributed by atoms with van der Waals surface area (Å²) in [5.74, 6) is 0.867. The Morgan fingerprint density at radius 3 is 2.82 bits per heavy atom. The van der Waals surface area contributed by atoms with E-state index < -0.39 is 10.8 Å². The molecule has 0 spiro atoms. The second-order valence-electron chi connectivity index (χ2n) is 3.90. The number of halogens is 1. The summed E-state index contributed by atoms with van der Waals surface area (Å²) in [7, 11) is 0.880. The van der Waals surface area contributed by atoms with E-state index in [4.69, 9.17) is 4.74 Å². The molecule has 1 rings (SSSR count). The molecule has 5 heteroatoms. The number of benzene rings is 1. The molecule has 0 fully saturated rings. The van der Waals surface area contributed by atoms with Crippen LogP contribution in [0.1, 0.15) is 12.5 Å². The quantitative estimate of drug-likeness (QED) is 0.874. The molecule has 3 nitrogen and oxygen atoms in total. The fraction of sp³-hybridized carbons (Fsp3) is 0.500. The van der Waals surface area contributed by atoms with Gasteiger partial charge in [0.1, 0.15) is 5.75 Å². The highest BCUT2D eigenvalue weighted by Gasteiger charge is 2.07. The van der Waals surface area contributed by atoms with Crippen LogP contribution in [0.4, 0.5) is 0 Å². The topological polar surface area (TPSA) is 38.3 Å². The van der Waals surface area contributed by atoms with E-state index in [0.29, 0.717) is 6.54 Å². The standard InChI is InChI=1S/C12H18BrNO2S/c1-9(17(3)15)7-14-8-10-6-11(13)4-5-12(10)16-2/h4-6,9,14H,7-8H2,1-3H3. The number of hydrogen-bond donors (Lipinski definition) is 1. The van der Waals surface area contributed by atoms with Crippen molar-refractivity contribution in [2.75, 3.05) is 19.9 Å². The van der Waals surface area contributed by atoms with Gasteiger partial charge >= 0.3 is 0 Å². The van der Waals surface area contributed by atoms with Gasteiger partial charge in [0.25, 0.3) is 0 Å².